The molecule has 2 aliphatic rings. The fourth-order valence-corrected chi connectivity index (χ4v) is 5.03. The Bertz CT molecular complexity index is 1240. The van der Waals surface area contributed by atoms with Gasteiger partial charge in [0, 0.05) is 43.5 Å². The summed E-state index contributed by atoms with van der Waals surface area (Å²) in [7, 11) is 0. The summed E-state index contributed by atoms with van der Waals surface area (Å²) in [6, 6.07) is 13.5. The molecule has 5 rings (SSSR count). The Hall–Kier alpha value is -3.86. The highest BCUT2D eigenvalue weighted by Gasteiger charge is 2.26. The second kappa shape index (κ2) is 9.56. The maximum absolute atomic E-state index is 12.1. The van der Waals surface area contributed by atoms with Crippen molar-refractivity contribution in [1.29, 1.82) is 5.26 Å². The van der Waals surface area contributed by atoms with Crippen LogP contribution >= 0.6 is 0 Å². The molecule has 2 fully saturated rings. The number of aromatic nitrogens is 2. The van der Waals surface area contributed by atoms with E-state index in [0.29, 0.717) is 22.6 Å². The van der Waals surface area contributed by atoms with Crippen molar-refractivity contribution in [2.75, 3.05) is 36.0 Å². The molecule has 0 saturated carbocycles. The highest BCUT2D eigenvalue weighted by Crippen LogP contribution is 2.39. The molecule has 34 heavy (non-hydrogen) atoms. The third-order valence-corrected chi connectivity index (χ3v) is 6.78. The fourth-order valence-electron chi connectivity index (χ4n) is 5.03. The number of nitrogens with zero attached hydrogens (tertiary/aromatic N) is 5. The number of piperidine rings is 2. The number of aromatic amines is 1. The van der Waals surface area contributed by atoms with Gasteiger partial charge in [-0.3, -0.25) is 10.1 Å². The number of para-hydroxylation sites is 2. The van der Waals surface area contributed by atoms with Gasteiger partial charge in [0.2, 0.25) is 0 Å². The van der Waals surface area contributed by atoms with Gasteiger partial charge >= 0.3 is 0 Å². The van der Waals surface area contributed by atoms with Gasteiger partial charge in [-0.05, 0) is 62.8 Å². The summed E-state index contributed by atoms with van der Waals surface area (Å²) in [5.41, 5.74) is 4.40. The van der Waals surface area contributed by atoms with E-state index in [2.05, 4.69) is 25.8 Å². The first kappa shape index (κ1) is 22.0. The Morgan fingerprint density at radius 1 is 1.00 bits per heavy atom. The van der Waals surface area contributed by atoms with Crippen molar-refractivity contribution in [2.24, 2.45) is 0 Å². The average molecular weight is 457 g/mol. The number of nitro benzene ring substituents is 1. The van der Waals surface area contributed by atoms with E-state index in [1.165, 1.54) is 6.42 Å². The summed E-state index contributed by atoms with van der Waals surface area (Å²) in [6.07, 6.45) is 8.37. The quantitative estimate of drug-likeness (QED) is 0.308. The zero-order valence-electron chi connectivity index (χ0n) is 19.2. The molecule has 0 amide bonds. The molecule has 0 aliphatic carbocycles. The minimum Gasteiger partial charge on any atom is -0.371 e. The van der Waals surface area contributed by atoms with Crippen LogP contribution in [0.25, 0.3) is 22.7 Å². The molecule has 8 heteroatoms. The molecule has 174 valence electrons. The molecular weight excluding hydrogens is 428 g/mol. The molecule has 0 spiro atoms. The van der Waals surface area contributed by atoms with E-state index in [4.69, 9.17) is 0 Å². The molecular formula is C26H28N6O2. The summed E-state index contributed by atoms with van der Waals surface area (Å²) < 4.78 is 0. The highest BCUT2D eigenvalue weighted by molar-refractivity contribution is 5.94. The molecule has 8 nitrogen and oxygen atoms in total. The number of hydrogen-bond acceptors (Lipinski definition) is 6. The van der Waals surface area contributed by atoms with Gasteiger partial charge in [0.15, 0.2) is 0 Å². The van der Waals surface area contributed by atoms with Gasteiger partial charge in [-0.15, -0.1) is 0 Å². The van der Waals surface area contributed by atoms with Crippen LogP contribution in [-0.2, 0) is 0 Å². The van der Waals surface area contributed by atoms with Crippen LogP contribution < -0.4 is 9.80 Å². The number of hydrogen-bond donors (Lipinski definition) is 1. The molecule has 0 atom stereocenters. The van der Waals surface area contributed by atoms with Crippen molar-refractivity contribution in [3.8, 4) is 6.07 Å². The second-order valence-electron chi connectivity index (χ2n) is 9.02. The normalized spacial score (nSPS) is 17.1. The monoisotopic (exact) mass is 456 g/mol. The van der Waals surface area contributed by atoms with Gasteiger partial charge in [0.25, 0.3) is 5.69 Å². The predicted molar refractivity (Wildman–Crippen MR) is 135 cm³/mol. The van der Waals surface area contributed by atoms with Crippen molar-refractivity contribution in [2.45, 2.75) is 38.5 Å². The number of nitriles is 1. The van der Waals surface area contributed by atoms with Gasteiger partial charge < -0.3 is 14.8 Å². The Labute approximate surface area is 198 Å². The molecule has 1 N–H and O–H groups in total. The van der Waals surface area contributed by atoms with Crippen molar-refractivity contribution >= 4 is 39.7 Å². The van der Waals surface area contributed by atoms with Crippen LogP contribution in [0.3, 0.4) is 0 Å². The molecule has 1 aromatic heterocycles. The lowest BCUT2D eigenvalue weighted by atomic mass is 10.0. The summed E-state index contributed by atoms with van der Waals surface area (Å²) in [6.45, 7) is 3.48. The lowest BCUT2D eigenvalue weighted by Gasteiger charge is -2.33. The van der Waals surface area contributed by atoms with Crippen LogP contribution in [0, 0.1) is 21.4 Å². The SMILES string of the molecule is N#CC(=Cc1cc([N+](=O)[O-])c(N2CCCCC2)cc1N1CCCCC1)c1nc2ccccc2[nH]1. The summed E-state index contributed by atoms with van der Waals surface area (Å²) in [5.74, 6) is 0.469. The topological polar surface area (TPSA) is 102 Å². The Kier molecular flexibility index (Phi) is 6.17. The summed E-state index contributed by atoms with van der Waals surface area (Å²) >= 11 is 0. The third kappa shape index (κ3) is 4.34. The van der Waals surface area contributed by atoms with E-state index >= 15 is 0 Å². The lowest BCUT2D eigenvalue weighted by molar-refractivity contribution is -0.384. The van der Waals surface area contributed by atoms with Gasteiger partial charge in [0.05, 0.1) is 21.5 Å². The number of imidazole rings is 1. The molecule has 3 heterocycles. The van der Waals surface area contributed by atoms with E-state index in [1.807, 2.05) is 30.3 Å². The number of allylic oxidation sites excluding steroid dienone is 1. The zero-order chi connectivity index (χ0) is 23.5. The molecule has 0 unspecified atom stereocenters. The number of anilines is 2. The van der Waals surface area contributed by atoms with Gasteiger partial charge in [-0.1, -0.05) is 12.1 Å². The standard InChI is InChI=1S/C26H28N6O2/c27-18-20(26-28-21-9-3-4-10-22(21)29-26)15-19-16-25(32(33)34)24(31-13-7-2-8-14-31)17-23(19)30-11-5-1-6-12-30/h3-4,9-10,15-17H,1-2,5-8,11-14H2,(H,28,29). The summed E-state index contributed by atoms with van der Waals surface area (Å²) in [4.78, 5) is 24.0. The maximum Gasteiger partial charge on any atom is 0.293 e. The second-order valence-corrected chi connectivity index (χ2v) is 9.02. The predicted octanol–water partition coefficient (Wildman–Crippen LogP) is 5.52. The lowest BCUT2D eigenvalue weighted by Crippen LogP contribution is -2.32. The average Bonchev–Trinajstić information content (AvgIpc) is 3.32. The van der Waals surface area contributed by atoms with Gasteiger partial charge in [-0.2, -0.15) is 5.26 Å². The van der Waals surface area contributed by atoms with Gasteiger partial charge in [0.1, 0.15) is 17.6 Å². The number of nitrogens with one attached hydrogen (secondary N) is 1. The Morgan fingerprint density at radius 3 is 2.26 bits per heavy atom. The minimum absolute atomic E-state index is 0.0933. The maximum atomic E-state index is 12.1. The molecule has 2 aromatic carbocycles. The van der Waals surface area contributed by atoms with E-state index in [-0.39, 0.29) is 10.6 Å². The molecule has 2 saturated heterocycles. The van der Waals surface area contributed by atoms with Crippen LogP contribution in [0.15, 0.2) is 36.4 Å². The number of H-pyrrole nitrogens is 1. The number of rotatable bonds is 5. The molecule has 2 aliphatic heterocycles. The number of benzene rings is 2. The Balaban J connectivity index is 1.65. The smallest absolute Gasteiger partial charge is 0.293 e. The van der Waals surface area contributed by atoms with Crippen molar-refractivity contribution in [1.82, 2.24) is 9.97 Å². The zero-order valence-corrected chi connectivity index (χ0v) is 19.2. The Morgan fingerprint density at radius 2 is 1.65 bits per heavy atom. The van der Waals surface area contributed by atoms with E-state index in [0.717, 1.165) is 75.0 Å². The molecule has 3 aromatic rings. The third-order valence-electron chi connectivity index (χ3n) is 6.78. The first-order valence-corrected chi connectivity index (χ1v) is 12.0. The van der Waals surface area contributed by atoms with Crippen LogP contribution in [-0.4, -0.2) is 41.1 Å². The van der Waals surface area contributed by atoms with Crippen molar-refractivity contribution in [3.05, 3.63) is 57.9 Å². The molecule has 0 bridgehead atoms. The van der Waals surface area contributed by atoms with Crippen LogP contribution in [0.5, 0.6) is 0 Å². The van der Waals surface area contributed by atoms with Crippen molar-refractivity contribution in [3.63, 3.8) is 0 Å². The fraction of sp³-hybridized carbons (Fsp3) is 0.385. The molecule has 0 radical (unpaired) electrons. The minimum atomic E-state index is -0.297. The van der Waals surface area contributed by atoms with E-state index < -0.39 is 0 Å². The van der Waals surface area contributed by atoms with E-state index in [1.54, 1.807) is 12.1 Å². The van der Waals surface area contributed by atoms with E-state index in [9.17, 15) is 15.4 Å². The largest absolute Gasteiger partial charge is 0.371 e. The van der Waals surface area contributed by atoms with Crippen LogP contribution in [0.1, 0.15) is 49.9 Å². The summed E-state index contributed by atoms with van der Waals surface area (Å²) in [5, 5.41) is 22.1. The van der Waals surface area contributed by atoms with Crippen molar-refractivity contribution < 1.29 is 4.92 Å². The van der Waals surface area contributed by atoms with Gasteiger partial charge in [-0.25, -0.2) is 4.98 Å². The van der Waals surface area contributed by atoms with Crippen LogP contribution in [0.2, 0.25) is 0 Å². The number of nitro groups is 1. The van der Waals surface area contributed by atoms with Crippen LogP contribution in [0.4, 0.5) is 17.1 Å². The first-order valence-electron chi connectivity index (χ1n) is 12.0. The first-order chi connectivity index (χ1) is 16.6. The highest BCUT2D eigenvalue weighted by atomic mass is 16.6. The number of fused-ring (bicyclic) bond motifs is 1.